The van der Waals surface area contributed by atoms with Gasteiger partial charge in [-0.25, -0.2) is 4.99 Å². The van der Waals surface area contributed by atoms with Gasteiger partial charge >= 0.3 is 0 Å². The number of nitriles is 1. The quantitative estimate of drug-likeness (QED) is 0.565. The van der Waals surface area contributed by atoms with E-state index in [0.29, 0.717) is 17.9 Å². The van der Waals surface area contributed by atoms with E-state index in [4.69, 9.17) is 11.0 Å². The third-order valence-electron chi connectivity index (χ3n) is 3.07. The van der Waals surface area contributed by atoms with Gasteiger partial charge in [0.05, 0.1) is 29.7 Å². The summed E-state index contributed by atoms with van der Waals surface area (Å²) in [6.45, 7) is 0.337. The molecule has 2 aromatic rings. The van der Waals surface area contributed by atoms with E-state index >= 15 is 0 Å². The van der Waals surface area contributed by atoms with Crippen molar-refractivity contribution in [2.45, 2.75) is 0 Å². The average Bonchev–Trinajstić information content (AvgIpc) is 2.56. The van der Waals surface area contributed by atoms with Crippen LogP contribution in [0.15, 0.2) is 51.9 Å². The molecule has 0 fully saturated rings. The molecule has 0 unspecified atom stereocenters. The fourth-order valence-electron chi connectivity index (χ4n) is 2.02. The number of nitrogens with zero attached hydrogens (tertiary/aromatic N) is 3. The van der Waals surface area contributed by atoms with Gasteiger partial charge in [0, 0.05) is 4.47 Å². The monoisotopic (exact) mass is 373 g/mol. The predicted octanol–water partition coefficient (Wildman–Crippen LogP) is 2.66. The molecule has 0 aromatic heterocycles. The van der Waals surface area contributed by atoms with Gasteiger partial charge < -0.3 is 16.2 Å². The maximum absolute atomic E-state index is 10.3. The maximum atomic E-state index is 10.3. The number of nitrogens with one attached hydrogen (secondary N) is 1. The topological polar surface area (TPSA) is 97.7 Å². The number of phenols is 1. The molecule has 0 saturated heterocycles. The summed E-state index contributed by atoms with van der Waals surface area (Å²) in [6.07, 6.45) is 0. The first-order valence-corrected chi connectivity index (χ1v) is 7.60. The molecular weight excluding hydrogens is 358 g/mol. The Morgan fingerprint density at radius 2 is 2.09 bits per heavy atom. The highest BCUT2D eigenvalue weighted by atomic mass is 79.9. The number of nitrogens with two attached hydrogens (primary N) is 1. The highest BCUT2D eigenvalue weighted by Gasteiger charge is 2.19. The number of halogens is 1. The molecule has 0 aliphatic rings. The Hall–Kier alpha value is -2.56. The second kappa shape index (κ2) is 7.63. The van der Waals surface area contributed by atoms with Gasteiger partial charge in [-0.15, -0.1) is 0 Å². The van der Waals surface area contributed by atoms with Gasteiger partial charge in [-0.1, -0.05) is 12.1 Å². The molecule has 4 N–H and O–H groups in total. The highest BCUT2D eigenvalue weighted by Crippen LogP contribution is 2.37. The number of guanidine groups is 1. The number of rotatable bonds is 4. The van der Waals surface area contributed by atoms with Crippen molar-refractivity contribution < 1.29 is 5.11 Å². The number of anilines is 2. The number of aliphatic imine (C=N–C) groups is 1. The molecule has 0 bridgehead atoms. The minimum absolute atomic E-state index is 0.0533. The average molecular weight is 374 g/mol. The lowest BCUT2D eigenvalue weighted by molar-refractivity contribution is 0.476. The molecule has 0 aliphatic heterocycles. The zero-order chi connectivity index (χ0) is 16.8. The molecule has 0 heterocycles. The minimum Gasteiger partial charge on any atom is -0.506 e. The number of phenolic OH excluding ortho intramolecular Hbond substituents is 1. The number of benzene rings is 2. The van der Waals surface area contributed by atoms with Crippen LogP contribution in [-0.4, -0.2) is 24.8 Å². The SMILES string of the molecule is CNCN=C(N)N(c1ccc(C#N)cc1O)c1ccccc1Br. The summed E-state index contributed by atoms with van der Waals surface area (Å²) < 4.78 is 0.798. The van der Waals surface area contributed by atoms with Crippen molar-refractivity contribution in [2.75, 3.05) is 18.6 Å². The van der Waals surface area contributed by atoms with Crippen molar-refractivity contribution in [1.82, 2.24) is 5.32 Å². The molecule has 0 amide bonds. The van der Waals surface area contributed by atoms with E-state index in [9.17, 15) is 5.11 Å². The van der Waals surface area contributed by atoms with Gasteiger partial charge in [-0.05, 0) is 53.3 Å². The molecule has 7 heteroatoms. The van der Waals surface area contributed by atoms with Crippen LogP contribution >= 0.6 is 15.9 Å². The van der Waals surface area contributed by atoms with Crippen LogP contribution in [0, 0.1) is 11.3 Å². The van der Waals surface area contributed by atoms with Gasteiger partial charge in [0.25, 0.3) is 0 Å². The second-order valence-electron chi connectivity index (χ2n) is 4.63. The smallest absolute Gasteiger partial charge is 0.202 e. The zero-order valence-corrected chi connectivity index (χ0v) is 14.1. The molecule has 0 aliphatic carbocycles. The Balaban J connectivity index is 2.59. The van der Waals surface area contributed by atoms with Crippen LogP contribution < -0.4 is 16.0 Å². The van der Waals surface area contributed by atoms with Crippen LogP contribution in [0.2, 0.25) is 0 Å². The van der Waals surface area contributed by atoms with Crippen LogP contribution in [0.3, 0.4) is 0 Å². The largest absolute Gasteiger partial charge is 0.506 e. The zero-order valence-electron chi connectivity index (χ0n) is 12.5. The van der Waals surface area contributed by atoms with Crippen molar-refractivity contribution in [1.29, 1.82) is 5.26 Å². The Morgan fingerprint density at radius 3 is 2.70 bits per heavy atom. The fraction of sp³-hybridized carbons (Fsp3) is 0.125. The molecule has 2 aromatic carbocycles. The first-order valence-electron chi connectivity index (χ1n) is 6.80. The van der Waals surface area contributed by atoms with Crippen molar-refractivity contribution in [3.63, 3.8) is 0 Å². The summed E-state index contributed by atoms with van der Waals surface area (Å²) in [5.74, 6) is 0.161. The van der Waals surface area contributed by atoms with Crippen molar-refractivity contribution in [2.24, 2.45) is 10.7 Å². The lowest BCUT2D eigenvalue weighted by Crippen LogP contribution is -2.34. The Kier molecular flexibility index (Phi) is 5.57. The summed E-state index contributed by atoms with van der Waals surface area (Å²) in [5.41, 5.74) is 7.65. The molecule has 2 rings (SSSR count). The molecule has 0 radical (unpaired) electrons. The van der Waals surface area contributed by atoms with E-state index in [1.807, 2.05) is 30.3 Å². The molecule has 0 spiro atoms. The minimum atomic E-state index is -0.0533. The Morgan fingerprint density at radius 1 is 1.35 bits per heavy atom. The number of aromatic hydroxyl groups is 1. The molecular formula is C16H16BrN5O. The predicted molar refractivity (Wildman–Crippen MR) is 94.7 cm³/mol. The normalized spacial score (nSPS) is 11.1. The van der Waals surface area contributed by atoms with Crippen LogP contribution in [0.25, 0.3) is 0 Å². The summed E-state index contributed by atoms with van der Waals surface area (Å²) in [5, 5.41) is 22.1. The molecule has 6 nitrogen and oxygen atoms in total. The summed E-state index contributed by atoms with van der Waals surface area (Å²) in [7, 11) is 1.76. The van der Waals surface area contributed by atoms with E-state index in [0.717, 1.165) is 10.2 Å². The molecule has 23 heavy (non-hydrogen) atoms. The van der Waals surface area contributed by atoms with Crippen LogP contribution in [0.5, 0.6) is 5.75 Å². The van der Waals surface area contributed by atoms with E-state index < -0.39 is 0 Å². The second-order valence-corrected chi connectivity index (χ2v) is 5.48. The van der Waals surface area contributed by atoms with E-state index in [1.54, 1.807) is 24.1 Å². The number of hydrogen-bond donors (Lipinski definition) is 3. The van der Waals surface area contributed by atoms with Crippen molar-refractivity contribution in [3.8, 4) is 11.8 Å². The van der Waals surface area contributed by atoms with Crippen LogP contribution in [-0.2, 0) is 0 Å². The van der Waals surface area contributed by atoms with Gasteiger partial charge in [-0.2, -0.15) is 5.26 Å². The molecule has 0 atom stereocenters. The third-order valence-corrected chi connectivity index (χ3v) is 3.74. The van der Waals surface area contributed by atoms with E-state index in [-0.39, 0.29) is 11.7 Å². The molecule has 118 valence electrons. The third kappa shape index (κ3) is 3.80. The Bertz CT molecular complexity index is 769. The van der Waals surface area contributed by atoms with Gasteiger partial charge in [-0.3, -0.25) is 4.90 Å². The standard InChI is InChI=1S/C16H16BrN5O/c1-20-10-21-16(19)22(13-5-3-2-4-12(13)17)14-7-6-11(9-18)8-15(14)23/h2-8,20,23H,10H2,1H3,(H2,19,21). The number of para-hydroxylation sites is 1. The van der Waals surface area contributed by atoms with Crippen LogP contribution in [0.4, 0.5) is 11.4 Å². The van der Waals surface area contributed by atoms with Crippen LogP contribution in [0.1, 0.15) is 5.56 Å². The van der Waals surface area contributed by atoms with Gasteiger partial charge in [0.2, 0.25) is 5.96 Å². The van der Waals surface area contributed by atoms with Crippen molar-refractivity contribution in [3.05, 3.63) is 52.5 Å². The van der Waals surface area contributed by atoms with Crippen molar-refractivity contribution >= 4 is 33.3 Å². The lowest BCUT2D eigenvalue weighted by atomic mass is 10.1. The van der Waals surface area contributed by atoms with E-state index in [2.05, 4.69) is 26.2 Å². The van der Waals surface area contributed by atoms with Gasteiger partial charge in [0.1, 0.15) is 5.75 Å². The Labute approximate surface area is 143 Å². The highest BCUT2D eigenvalue weighted by molar-refractivity contribution is 9.10. The fourth-order valence-corrected chi connectivity index (χ4v) is 2.48. The lowest BCUT2D eigenvalue weighted by Gasteiger charge is -2.25. The first-order chi connectivity index (χ1) is 11.1. The maximum Gasteiger partial charge on any atom is 0.202 e. The molecule has 0 saturated carbocycles. The van der Waals surface area contributed by atoms with E-state index in [1.165, 1.54) is 6.07 Å². The number of hydrogen-bond acceptors (Lipinski definition) is 4. The summed E-state index contributed by atoms with van der Waals surface area (Å²) in [4.78, 5) is 5.86. The first kappa shape index (κ1) is 16.8. The summed E-state index contributed by atoms with van der Waals surface area (Å²) in [6, 6.07) is 14.1. The van der Waals surface area contributed by atoms with Gasteiger partial charge in [0.15, 0.2) is 0 Å². The summed E-state index contributed by atoms with van der Waals surface area (Å²) >= 11 is 3.48.